The molecule has 1 fully saturated rings. The van der Waals surface area contributed by atoms with Gasteiger partial charge < -0.3 is 10.6 Å². The minimum absolute atomic E-state index is 0.0939. The maximum Gasteiger partial charge on any atom is 0.321 e. The van der Waals surface area contributed by atoms with Crippen LogP contribution in [-0.4, -0.2) is 25.0 Å². The topological polar surface area (TPSA) is 61.4 Å². The third-order valence-corrected chi connectivity index (χ3v) is 2.53. The number of rotatable bonds is 2. The van der Waals surface area contributed by atoms with E-state index < -0.39 is 0 Å². The first-order valence-electron chi connectivity index (χ1n) is 5.60. The monoisotopic (exact) mass is 243 g/mol. The number of benzene rings is 1. The van der Waals surface area contributed by atoms with Gasteiger partial charge in [0, 0.05) is 24.5 Å². The van der Waals surface area contributed by atoms with Crippen molar-refractivity contribution in [1.29, 1.82) is 0 Å². The van der Waals surface area contributed by atoms with Crippen LogP contribution in [0.1, 0.15) is 6.92 Å². The van der Waals surface area contributed by atoms with Crippen molar-refractivity contribution in [2.45, 2.75) is 6.92 Å². The van der Waals surface area contributed by atoms with Crippen molar-refractivity contribution < 1.29 is 9.59 Å². The molecule has 2 N–H and O–H groups in total. The fourth-order valence-corrected chi connectivity index (χ4v) is 1.72. The van der Waals surface area contributed by atoms with Crippen LogP contribution >= 0.6 is 0 Å². The Morgan fingerprint density at radius 2 is 2.11 bits per heavy atom. The third kappa shape index (κ3) is 2.61. The Kier molecular flexibility index (Phi) is 3.49. The number of hydrogen-bond donors (Lipinski definition) is 2. The zero-order valence-electron chi connectivity index (χ0n) is 9.99. The molecule has 1 aromatic carbocycles. The van der Waals surface area contributed by atoms with Gasteiger partial charge in [-0.3, -0.25) is 9.69 Å². The molecule has 0 saturated carbocycles. The molecule has 2 rings (SSSR count). The van der Waals surface area contributed by atoms with Crippen LogP contribution in [0.5, 0.6) is 0 Å². The van der Waals surface area contributed by atoms with Crippen LogP contribution in [0.2, 0.25) is 0 Å². The number of urea groups is 1. The van der Waals surface area contributed by atoms with Gasteiger partial charge in [-0.05, 0) is 37.1 Å². The standard InChI is InChI=1S/C13H13N3O2/c1-2-3-12(17)15-10-4-6-11(7-5-10)16-9-8-14-13(16)18/h4-7H,8-9H2,1H3,(H,14,18)(H,15,17). The minimum Gasteiger partial charge on any atom is -0.336 e. The van der Waals surface area contributed by atoms with Crippen LogP contribution < -0.4 is 15.5 Å². The van der Waals surface area contributed by atoms with Gasteiger partial charge >= 0.3 is 6.03 Å². The fourth-order valence-electron chi connectivity index (χ4n) is 1.72. The van der Waals surface area contributed by atoms with Crippen LogP contribution in [0, 0.1) is 11.8 Å². The lowest BCUT2D eigenvalue weighted by atomic mass is 10.2. The second-order valence-corrected chi connectivity index (χ2v) is 3.76. The third-order valence-electron chi connectivity index (χ3n) is 2.53. The Balaban J connectivity index is 2.07. The van der Waals surface area contributed by atoms with Crippen LogP contribution in [-0.2, 0) is 4.79 Å². The van der Waals surface area contributed by atoms with Crippen molar-refractivity contribution in [3.8, 4) is 11.8 Å². The molecule has 0 unspecified atom stereocenters. The van der Waals surface area contributed by atoms with Gasteiger partial charge in [-0.1, -0.05) is 5.92 Å². The summed E-state index contributed by atoms with van der Waals surface area (Å²) in [5, 5.41) is 5.37. The highest BCUT2D eigenvalue weighted by atomic mass is 16.2. The predicted octanol–water partition coefficient (Wildman–Crippen LogP) is 1.18. The number of nitrogens with zero attached hydrogens (tertiary/aromatic N) is 1. The number of hydrogen-bond acceptors (Lipinski definition) is 2. The van der Waals surface area contributed by atoms with E-state index in [0.717, 1.165) is 5.69 Å². The molecule has 0 atom stereocenters. The molecule has 3 amide bonds. The minimum atomic E-state index is -0.343. The molecule has 0 bridgehead atoms. The molecule has 0 aliphatic carbocycles. The quantitative estimate of drug-likeness (QED) is 0.766. The number of carbonyl (C=O) groups is 2. The van der Waals surface area contributed by atoms with Crippen LogP contribution in [0.3, 0.4) is 0 Å². The summed E-state index contributed by atoms with van der Waals surface area (Å²) in [6, 6.07) is 6.98. The number of amides is 3. The first kappa shape index (κ1) is 12.0. The molecule has 1 aliphatic rings. The van der Waals surface area contributed by atoms with Crippen molar-refractivity contribution in [2.75, 3.05) is 23.3 Å². The van der Waals surface area contributed by atoms with E-state index in [-0.39, 0.29) is 11.9 Å². The first-order chi connectivity index (χ1) is 8.70. The van der Waals surface area contributed by atoms with Crippen molar-refractivity contribution in [3.05, 3.63) is 24.3 Å². The highest BCUT2D eigenvalue weighted by Crippen LogP contribution is 2.19. The molecule has 1 aliphatic heterocycles. The maximum atomic E-state index is 11.4. The Bertz CT molecular complexity index is 525. The molecule has 0 radical (unpaired) electrons. The fraction of sp³-hybridized carbons (Fsp3) is 0.231. The van der Waals surface area contributed by atoms with Crippen LogP contribution in [0.25, 0.3) is 0 Å². The summed E-state index contributed by atoms with van der Waals surface area (Å²) in [6.07, 6.45) is 0. The second-order valence-electron chi connectivity index (χ2n) is 3.76. The smallest absolute Gasteiger partial charge is 0.321 e. The van der Waals surface area contributed by atoms with Gasteiger partial charge in [0.25, 0.3) is 5.91 Å². The zero-order chi connectivity index (χ0) is 13.0. The number of carbonyl (C=O) groups excluding carboxylic acids is 2. The molecule has 0 spiro atoms. The molecule has 92 valence electrons. The predicted molar refractivity (Wildman–Crippen MR) is 69.3 cm³/mol. The van der Waals surface area contributed by atoms with Crippen molar-refractivity contribution in [3.63, 3.8) is 0 Å². The molecule has 18 heavy (non-hydrogen) atoms. The molecule has 1 heterocycles. The summed E-state index contributed by atoms with van der Waals surface area (Å²) >= 11 is 0. The van der Waals surface area contributed by atoms with E-state index in [9.17, 15) is 9.59 Å². The van der Waals surface area contributed by atoms with E-state index in [1.807, 2.05) is 0 Å². The normalized spacial score (nSPS) is 13.6. The lowest BCUT2D eigenvalue weighted by Gasteiger charge is -2.14. The van der Waals surface area contributed by atoms with Crippen molar-refractivity contribution in [1.82, 2.24) is 5.32 Å². The van der Waals surface area contributed by atoms with E-state index in [0.29, 0.717) is 18.8 Å². The summed E-state index contributed by atoms with van der Waals surface area (Å²) in [7, 11) is 0. The van der Waals surface area contributed by atoms with Gasteiger partial charge in [-0.2, -0.15) is 0 Å². The average Bonchev–Trinajstić information content (AvgIpc) is 2.77. The van der Waals surface area contributed by atoms with Gasteiger partial charge in [0.05, 0.1) is 0 Å². The molecule has 5 nitrogen and oxygen atoms in total. The van der Waals surface area contributed by atoms with Crippen LogP contribution in [0.4, 0.5) is 16.2 Å². The maximum absolute atomic E-state index is 11.4. The largest absolute Gasteiger partial charge is 0.336 e. The van der Waals surface area contributed by atoms with Crippen molar-refractivity contribution in [2.24, 2.45) is 0 Å². The van der Waals surface area contributed by atoms with E-state index in [2.05, 4.69) is 22.5 Å². The molecule has 1 saturated heterocycles. The van der Waals surface area contributed by atoms with Gasteiger partial charge in [0.2, 0.25) is 0 Å². The summed E-state index contributed by atoms with van der Waals surface area (Å²) < 4.78 is 0. The molecule has 1 aromatic rings. The van der Waals surface area contributed by atoms with E-state index >= 15 is 0 Å². The molecule has 5 heteroatoms. The lowest BCUT2D eigenvalue weighted by molar-refractivity contribution is -0.111. The lowest BCUT2D eigenvalue weighted by Crippen LogP contribution is -2.27. The van der Waals surface area contributed by atoms with Gasteiger partial charge in [0.15, 0.2) is 0 Å². The molecule has 0 aromatic heterocycles. The SMILES string of the molecule is CC#CC(=O)Nc1ccc(N2CCNC2=O)cc1. The van der Waals surface area contributed by atoms with Gasteiger partial charge in [-0.15, -0.1) is 0 Å². The van der Waals surface area contributed by atoms with E-state index in [1.54, 1.807) is 36.1 Å². The van der Waals surface area contributed by atoms with Gasteiger partial charge in [0.1, 0.15) is 0 Å². The Morgan fingerprint density at radius 1 is 1.39 bits per heavy atom. The Morgan fingerprint density at radius 3 is 2.67 bits per heavy atom. The second kappa shape index (κ2) is 5.23. The molecular weight excluding hydrogens is 230 g/mol. The number of nitrogens with one attached hydrogen (secondary N) is 2. The summed E-state index contributed by atoms with van der Waals surface area (Å²) in [4.78, 5) is 24.3. The Labute approximate surface area is 105 Å². The van der Waals surface area contributed by atoms with Crippen LogP contribution in [0.15, 0.2) is 24.3 Å². The zero-order valence-corrected chi connectivity index (χ0v) is 9.99. The summed E-state index contributed by atoms with van der Waals surface area (Å²) in [5.74, 6) is 4.58. The van der Waals surface area contributed by atoms with Gasteiger partial charge in [-0.25, -0.2) is 4.79 Å². The average molecular weight is 243 g/mol. The summed E-state index contributed by atoms with van der Waals surface area (Å²) in [5.41, 5.74) is 1.47. The molecular formula is C13H13N3O2. The van der Waals surface area contributed by atoms with E-state index in [4.69, 9.17) is 0 Å². The van der Waals surface area contributed by atoms with Crippen molar-refractivity contribution >= 4 is 23.3 Å². The number of anilines is 2. The highest BCUT2D eigenvalue weighted by molar-refractivity contribution is 6.04. The van der Waals surface area contributed by atoms with E-state index in [1.165, 1.54) is 0 Å². The first-order valence-corrected chi connectivity index (χ1v) is 5.60. The summed E-state index contributed by atoms with van der Waals surface area (Å²) in [6.45, 7) is 2.92. The highest BCUT2D eigenvalue weighted by Gasteiger charge is 2.20. The Hall–Kier alpha value is -2.48.